The molecule has 1 aliphatic rings. The van der Waals surface area contributed by atoms with Gasteiger partial charge in [-0.05, 0) is 49.2 Å². The molecule has 2 N–H and O–H groups in total. The van der Waals surface area contributed by atoms with Crippen LogP contribution in [0.3, 0.4) is 0 Å². The average molecular weight is 329 g/mol. The monoisotopic (exact) mass is 329 g/mol. The molecule has 0 saturated heterocycles. The van der Waals surface area contributed by atoms with Crippen LogP contribution in [0.4, 0.5) is 10.2 Å². The molecule has 1 fully saturated rings. The van der Waals surface area contributed by atoms with Gasteiger partial charge in [0.15, 0.2) is 0 Å². The minimum Gasteiger partial charge on any atom is -0.456 e. The number of halogens is 1. The number of aromatic nitrogens is 1. The van der Waals surface area contributed by atoms with Gasteiger partial charge in [-0.1, -0.05) is 0 Å². The van der Waals surface area contributed by atoms with Crippen molar-refractivity contribution in [2.75, 3.05) is 11.9 Å². The molecule has 2 amide bonds. The van der Waals surface area contributed by atoms with Crippen LogP contribution in [0.5, 0.6) is 11.5 Å². The Kier molecular flexibility index (Phi) is 4.69. The Morgan fingerprint density at radius 1 is 1.12 bits per heavy atom. The van der Waals surface area contributed by atoms with Crippen LogP contribution in [0.15, 0.2) is 42.6 Å². The second-order valence-electron chi connectivity index (χ2n) is 5.48. The van der Waals surface area contributed by atoms with Gasteiger partial charge in [-0.25, -0.2) is 9.37 Å². The first-order valence-corrected chi connectivity index (χ1v) is 7.57. The van der Waals surface area contributed by atoms with E-state index < -0.39 is 0 Å². The first kappa shape index (κ1) is 15.9. The first-order valence-electron chi connectivity index (χ1n) is 7.57. The van der Waals surface area contributed by atoms with E-state index in [0.29, 0.717) is 17.3 Å². The number of carbonyl (C=O) groups excluding carboxylic acids is 2. The summed E-state index contributed by atoms with van der Waals surface area (Å²) in [7, 11) is 0. The number of ether oxygens (including phenoxy) is 1. The minimum absolute atomic E-state index is 0.0684. The number of anilines is 1. The largest absolute Gasteiger partial charge is 0.456 e. The van der Waals surface area contributed by atoms with Crippen molar-refractivity contribution in [3.8, 4) is 11.5 Å². The lowest BCUT2D eigenvalue weighted by Gasteiger charge is -2.08. The van der Waals surface area contributed by atoms with Crippen molar-refractivity contribution in [3.63, 3.8) is 0 Å². The normalized spacial score (nSPS) is 13.2. The summed E-state index contributed by atoms with van der Waals surface area (Å²) in [6.07, 6.45) is 3.23. The van der Waals surface area contributed by atoms with Gasteiger partial charge in [-0.15, -0.1) is 0 Å². The maximum Gasteiger partial charge on any atom is 0.244 e. The Bertz CT molecular complexity index is 728. The van der Waals surface area contributed by atoms with E-state index in [1.807, 2.05) is 0 Å². The van der Waals surface area contributed by atoms with E-state index >= 15 is 0 Å². The highest BCUT2D eigenvalue weighted by molar-refractivity contribution is 5.94. The van der Waals surface area contributed by atoms with Crippen molar-refractivity contribution >= 4 is 17.6 Å². The minimum atomic E-state index is -0.344. The molecule has 0 unspecified atom stereocenters. The molecule has 1 aromatic carbocycles. The van der Waals surface area contributed by atoms with E-state index in [1.165, 1.54) is 30.5 Å². The van der Waals surface area contributed by atoms with Crippen molar-refractivity contribution < 1.29 is 18.7 Å². The molecule has 2 aromatic rings. The number of carbonyl (C=O) groups is 2. The van der Waals surface area contributed by atoms with E-state index in [-0.39, 0.29) is 30.1 Å². The molecule has 0 bridgehead atoms. The Hall–Kier alpha value is -2.96. The molecule has 3 rings (SSSR count). The molecule has 7 heteroatoms. The zero-order valence-corrected chi connectivity index (χ0v) is 12.8. The smallest absolute Gasteiger partial charge is 0.244 e. The summed E-state index contributed by atoms with van der Waals surface area (Å²) in [5, 5.41) is 5.16. The molecule has 24 heavy (non-hydrogen) atoms. The van der Waals surface area contributed by atoms with Crippen LogP contribution in [0, 0.1) is 11.7 Å². The van der Waals surface area contributed by atoms with Gasteiger partial charge in [0.05, 0.1) is 12.7 Å². The quantitative estimate of drug-likeness (QED) is 0.853. The lowest BCUT2D eigenvalue weighted by molar-refractivity contribution is -0.125. The number of rotatable bonds is 6. The van der Waals surface area contributed by atoms with Crippen LogP contribution in [-0.2, 0) is 9.59 Å². The summed E-state index contributed by atoms with van der Waals surface area (Å²) in [6.45, 7) is -0.0785. The molecule has 1 aliphatic carbocycles. The van der Waals surface area contributed by atoms with Crippen molar-refractivity contribution in [2.45, 2.75) is 12.8 Å². The zero-order valence-electron chi connectivity index (χ0n) is 12.8. The Labute approximate surface area is 138 Å². The highest BCUT2D eigenvalue weighted by atomic mass is 19.1. The van der Waals surface area contributed by atoms with Crippen LogP contribution >= 0.6 is 0 Å². The van der Waals surface area contributed by atoms with Gasteiger partial charge in [-0.3, -0.25) is 9.59 Å². The van der Waals surface area contributed by atoms with Crippen molar-refractivity contribution in [3.05, 3.63) is 48.4 Å². The zero-order chi connectivity index (χ0) is 16.9. The molecule has 1 aromatic heterocycles. The highest BCUT2D eigenvalue weighted by Gasteiger charge is 2.29. The lowest BCUT2D eigenvalue weighted by Crippen LogP contribution is -2.33. The van der Waals surface area contributed by atoms with Gasteiger partial charge in [0, 0.05) is 5.92 Å². The molecular formula is C17H16FN3O3. The van der Waals surface area contributed by atoms with Crippen LogP contribution in [0.2, 0.25) is 0 Å². The second-order valence-corrected chi connectivity index (χ2v) is 5.48. The van der Waals surface area contributed by atoms with E-state index in [0.717, 1.165) is 12.8 Å². The van der Waals surface area contributed by atoms with Crippen LogP contribution in [-0.4, -0.2) is 23.3 Å². The van der Waals surface area contributed by atoms with Gasteiger partial charge in [0.2, 0.25) is 11.8 Å². The fourth-order valence-electron chi connectivity index (χ4n) is 2.00. The average Bonchev–Trinajstić information content (AvgIpc) is 3.42. The Morgan fingerprint density at radius 2 is 1.83 bits per heavy atom. The summed E-state index contributed by atoms with van der Waals surface area (Å²) in [6, 6.07) is 8.83. The molecule has 6 nitrogen and oxygen atoms in total. The van der Waals surface area contributed by atoms with Crippen LogP contribution < -0.4 is 15.4 Å². The number of benzene rings is 1. The molecule has 0 spiro atoms. The second kappa shape index (κ2) is 7.08. The summed E-state index contributed by atoms with van der Waals surface area (Å²) in [5.74, 6) is 0.600. The summed E-state index contributed by atoms with van der Waals surface area (Å²) >= 11 is 0. The number of nitrogens with zero attached hydrogens (tertiary/aromatic N) is 1. The third kappa shape index (κ3) is 4.52. The number of hydrogen-bond donors (Lipinski definition) is 2. The lowest BCUT2D eigenvalue weighted by atomic mass is 10.3. The third-order valence-corrected chi connectivity index (χ3v) is 3.42. The predicted octanol–water partition coefficient (Wildman–Crippen LogP) is 2.48. The van der Waals surface area contributed by atoms with E-state index in [2.05, 4.69) is 15.6 Å². The van der Waals surface area contributed by atoms with Crippen LogP contribution in [0.1, 0.15) is 12.8 Å². The number of nitrogens with one attached hydrogen (secondary N) is 2. The van der Waals surface area contributed by atoms with Gasteiger partial charge < -0.3 is 15.4 Å². The fourth-order valence-corrected chi connectivity index (χ4v) is 2.00. The van der Waals surface area contributed by atoms with E-state index in [4.69, 9.17) is 4.74 Å². The van der Waals surface area contributed by atoms with Crippen molar-refractivity contribution in [1.82, 2.24) is 10.3 Å². The first-order chi connectivity index (χ1) is 11.6. The number of amides is 2. The third-order valence-electron chi connectivity index (χ3n) is 3.42. The molecule has 1 heterocycles. The topological polar surface area (TPSA) is 80.3 Å². The summed E-state index contributed by atoms with van der Waals surface area (Å²) < 4.78 is 18.3. The predicted molar refractivity (Wildman–Crippen MR) is 85.1 cm³/mol. The standard InChI is InChI=1S/C17H16FN3O3/c18-12-3-5-13(6-4-12)24-14-7-8-15(19-9-14)21-16(22)10-20-17(23)11-1-2-11/h3-9,11H,1-2,10H2,(H,20,23)(H,19,21,22). The maximum atomic E-state index is 12.8. The van der Waals surface area contributed by atoms with Gasteiger partial charge in [0.1, 0.15) is 23.1 Å². The molecule has 0 aliphatic heterocycles. The van der Waals surface area contributed by atoms with Crippen molar-refractivity contribution in [1.29, 1.82) is 0 Å². The maximum absolute atomic E-state index is 12.8. The number of hydrogen-bond acceptors (Lipinski definition) is 4. The van der Waals surface area contributed by atoms with E-state index in [9.17, 15) is 14.0 Å². The van der Waals surface area contributed by atoms with Gasteiger partial charge in [-0.2, -0.15) is 0 Å². The molecule has 0 atom stereocenters. The van der Waals surface area contributed by atoms with Gasteiger partial charge >= 0.3 is 0 Å². The molecule has 0 radical (unpaired) electrons. The van der Waals surface area contributed by atoms with E-state index in [1.54, 1.807) is 12.1 Å². The highest BCUT2D eigenvalue weighted by Crippen LogP contribution is 2.28. The fraction of sp³-hybridized carbons (Fsp3) is 0.235. The Balaban J connectivity index is 1.49. The summed E-state index contributed by atoms with van der Waals surface area (Å²) in [4.78, 5) is 27.3. The molecular weight excluding hydrogens is 313 g/mol. The Morgan fingerprint density at radius 3 is 2.46 bits per heavy atom. The van der Waals surface area contributed by atoms with Crippen LogP contribution in [0.25, 0.3) is 0 Å². The number of pyridine rings is 1. The molecule has 1 saturated carbocycles. The SMILES string of the molecule is O=C(CNC(=O)C1CC1)Nc1ccc(Oc2ccc(F)cc2)cn1. The van der Waals surface area contributed by atoms with Crippen molar-refractivity contribution in [2.24, 2.45) is 5.92 Å². The molecule has 124 valence electrons. The summed E-state index contributed by atoms with van der Waals surface area (Å²) in [5.41, 5.74) is 0. The van der Waals surface area contributed by atoms with Gasteiger partial charge in [0.25, 0.3) is 0 Å².